The highest BCUT2D eigenvalue weighted by molar-refractivity contribution is 7.90. The summed E-state index contributed by atoms with van der Waals surface area (Å²) < 4.78 is 28.5. The van der Waals surface area contributed by atoms with Crippen LogP contribution in [0.3, 0.4) is 0 Å². The number of esters is 1. The molecular formula is C21H19N3O7S2. The number of hydrogen-bond acceptors (Lipinski definition) is 9. The highest BCUT2D eigenvalue weighted by Crippen LogP contribution is 2.25. The fraction of sp³-hybridized carbons (Fsp3) is 0.190. The minimum absolute atomic E-state index is 0.0477. The Labute approximate surface area is 193 Å². The van der Waals surface area contributed by atoms with E-state index in [4.69, 9.17) is 4.74 Å². The Bertz CT molecular complexity index is 1330. The van der Waals surface area contributed by atoms with Crippen molar-refractivity contribution in [3.05, 3.63) is 79.8 Å². The first kappa shape index (κ1) is 24.0. The maximum Gasteiger partial charge on any atom is 0.338 e. The number of nitro benzene ring substituents is 1. The van der Waals surface area contributed by atoms with E-state index in [2.05, 4.69) is 10.3 Å². The van der Waals surface area contributed by atoms with Gasteiger partial charge in [0.2, 0.25) is 5.91 Å². The molecule has 2 aromatic carbocycles. The molecule has 0 aliphatic rings. The van der Waals surface area contributed by atoms with E-state index < -0.39 is 31.3 Å². The maximum atomic E-state index is 12.3. The molecule has 0 fully saturated rings. The number of thiazole rings is 1. The molecule has 0 unspecified atom stereocenters. The summed E-state index contributed by atoms with van der Waals surface area (Å²) in [6, 6.07) is 10.4. The fourth-order valence-electron chi connectivity index (χ4n) is 2.86. The van der Waals surface area contributed by atoms with Crippen molar-refractivity contribution in [3.63, 3.8) is 0 Å². The molecule has 172 valence electrons. The van der Waals surface area contributed by atoms with Gasteiger partial charge >= 0.3 is 5.97 Å². The van der Waals surface area contributed by atoms with Gasteiger partial charge in [-0.1, -0.05) is 18.2 Å². The van der Waals surface area contributed by atoms with Crippen molar-refractivity contribution in [2.75, 3.05) is 11.6 Å². The number of nitrogens with zero attached hydrogens (tertiary/aromatic N) is 2. The lowest BCUT2D eigenvalue weighted by atomic mass is 10.2. The number of amides is 1. The number of para-hydroxylation sites is 1. The third-order valence-corrected chi connectivity index (χ3v) is 6.51. The second-order valence-corrected chi connectivity index (χ2v) is 9.99. The van der Waals surface area contributed by atoms with Gasteiger partial charge in [0.05, 0.1) is 22.6 Å². The Hall–Kier alpha value is -3.64. The molecule has 0 radical (unpaired) electrons. The molecular weight excluding hydrogens is 470 g/mol. The lowest BCUT2D eigenvalue weighted by Gasteiger charge is -2.07. The van der Waals surface area contributed by atoms with Crippen molar-refractivity contribution in [2.24, 2.45) is 0 Å². The van der Waals surface area contributed by atoms with Crippen LogP contribution in [0.5, 0.6) is 0 Å². The van der Waals surface area contributed by atoms with E-state index in [0.29, 0.717) is 16.4 Å². The minimum Gasteiger partial charge on any atom is -0.456 e. The number of nitro groups is 1. The smallest absolute Gasteiger partial charge is 0.338 e. The normalized spacial score (nSPS) is 11.1. The number of carbonyl (C=O) groups is 2. The summed E-state index contributed by atoms with van der Waals surface area (Å²) in [7, 11) is -3.84. The molecule has 1 aromatic heterocycles. The van der Waals surface area contributed by atoms with E-state index in [1.165, 1.54) is 11.3 Å². The van der Waals surface area contributed by atoms with E-state index in [1.54, 1.807) is 11.4 Å². The van der Waals surface area contributed by atoms with Crippen molar-refractivity contribution in [1.82, 2.24) is 4.98 Å². The van der Waals surface area contributed by atoms with Crippen molar-refractivity contribution in [1.29, 1.82) is 0 Å². The van der Waals surface area contributed by atoms with Crippen LogP contribution in [0.25, 0.3) is 0 Å². The van der Waals surface area contributed by atoms with Gasteiger partial charge in [-0.25, -0.2) is 18.2 Å². The average molecular weight is 490 g/mol. The number of ether oxygens (including phenoxy) is 1. The first-order valence-electron chi connectivity index (χ1n) is 9.49. The van der Waals surface area contributed by atoms with Crippen molar-refractivity contribution < 1.29 is 27.7 Å². The number of benzene rings is 2. The monoisotopic (exact) mass is 489 g/mol. The second kappa shape index (κ2) is 9.88. The molecule has 10 nitrogen and oxygen atoms in total. The van der Waals surface area contributed by atoms with Crippen molar-refractivity contribution in [3.8, 4) is 0 Å². The SMILES string of the molecule is Cc1ccccc1NC(=O)Cc1nc(COC(=O)c2ccc(S(C)(=O)=O)c([N+](=O)[O-])c2)cs1. The molecule has 0 spiro atoms. The van der Waals surface area contributed by atoms with Gasteiger partial charge in [0.1, 0.15) is 16.5 Å². The summed E-state index contributed by atoms with van der Waals surface area (Å²) in [5, 5.41) is 16.2. The van der Waals surface area contributed by atoms with Crippen LogP contribution in [-0.2, 0) is 32.4 Å². The Kier molecular flexibility index (Phi) is 7.19. The van der Waals surface area contributed by atoms with Gasteiger partial charge in [-0.15, -0.1) is 11.3 Å². The summed E-state index contributed by atoms with van der Waals surface area (Å²) in [6.45, 7) is 1.67. The third kappa shape index (κ3) is 6.20. The van der Waals surface area contributed by atoms with Crippen molar-refractivity contribution in [2.45, 2.75) is 24.8 Å². The second-order valence-electron chi connectivity index (χ2n) is 7.06. The fourth-order valence-corrected chi connectivity index (χ4v) is 4.47. The number of rotatable bonds is 8. The Morgan fingerprint density at radius 2 is 1.94 bits per heavy atom. The lowest BCUT2D eigenvalue weighted by Crippen LogP contribution is -2.15. The van der Waals surface area contributed by atoms with Gasteiger partial charge in [0.25, 0.3) is 5.69 Å². The number of anilines is 1. The van der Waals surface area contributed by atoms with Crippen LogP contribution in [-0.4, -0.2) is 36.5 Å². The van der Waals surface area contributed by atoms with Gasteiger partial charge in [0, 0.05) is 23.4 Å². The molecule has 0 atom stereocenters. The number of nitrogens with one attached hydrogen (secondary N) is 1. The summed E-state index contributed by atoms with van der Waals surface area (Å²) in [5.41, 5.74) is 1.19. The Morgan fingerprint density at radius 1 is 1.21 bits per heavy atom. The maximum absolute atomic E-state index is 12.3. The molecule has 1 N–H and O–H groups in total. The summed E-state index contributed by atoms with van der Waals surface area (Å²) in [5.74, 6) is -1.11. The van der Waals surface area contributed by atoms with Gasteiger partial charge in [-0.2, -0.15) is 0 Å². The van der Waals surface area contributed by atoms with Gasteiger partial charge in [-0.05, 0) is 30.7 Å². The minimum atomic E-state index is -3.84. The Balaban J connectivity index is 1.61. The first-order chi connectivity index (χ1) is 15.5. The zero-order valence-corrected chi connectivity index (χ0v) is 19.2. The van der Waals surface area contributed by atoms with Crippen LogP contribution in [0, 0.1) is 17.0 Å². The predicted octanol–water partition coefficient (Wildman–Crippen LogP) is 3.30. The molecule has 1 heterocycles. The van der Waals surface area contributed by atoms with E-state index in [0.717, 1.165) is 30.0 Å². The molecule has 12 heteroatoms. The molecule has 0 bridgehead atoms. The number of carbonyl (C=O) groups excluding carboxylic acids is 2. The molecule has 0 saturated carbocycles. The zero-order valence-electron chi connectivity index (χ0n) is 17.6. The summed E-state index contributed by atoms with van der Waals surface area (Å²) in [4.78, 5) is 38.6. The number of sulfone groups is 1. The zero-order chi connectivity index (χ0) is 24.2. The third-order valence-electron chi connectivity index (χ3n) is 4.47. The molecule has 3 rings (SSSR count). The van der Waals surface area contributed by atoms with Gasteiger partial charge in [0.15, 0.2) is 9.84 Å². The first-order valence-corrected chi connectivity index (χ1v) is 12.3. The quantitative estimate of drug-likeness (QED) is 0.288. The number of aryl methyl sites for hydroxylation is 1. The molecule has 3 aromatic rings. The van der Waals surface area contributed by atoms with Crippen LogP contribution in [0.2, 0.25) is 0 Å². The molecule has 0 saturated heterocycles. The Morgan fingerprint density at radius 3 is 2.61 bits per heavy atom. The summed E-state index contributed by atoms with van der Waals surface area (Å²) in [6.07, 6.45) is 0.889. The van der Waals surface area contributed by atoms with Crippen LogP contribution in [0.1, 0.15) is 26.6 Å². The highest BCUT2D eigenvalue weighted by atomic mass is 32.2. The molecule has 0 aliphatic carbocycles. The largest absolute Gasteiger partial charge is 0.456 e. The van der Waals surface area contributed by atoms with Crippen LogP contribution in [0.4, 0.5) is 11.4 Å². The number of hydrogen-bond donors (Lipinski definition) is 1. The van der Waals surface area contributed by atoms with Crippen LogP contribution in [0.15, 0.2) is 52.7 Å². The van der Waals surface area contributed by atoms with Gasteiger partial charge < -0.3 is 10.1 Å². The predicted molar refractivity (Wildman–Crippen MR) is 121 cm³/mol. The lowest BCUT2D eigenvalue weighted by molar-refractivity contribution is -0.387. The van der Waals surface area contributed by atoms with Gasteiger partial charge in [-0.3, -0.25) is 14.9 Å². The van der Waals surface area contributed by atoms with E-state index in [9.17, 15) is 28.1 Å². The standard InChI is InChI=1S/C21H19N3O7S2/c1-13-5-3-4-6-16(13)23-19(25)10-20-22-15(12-32-20)11-31-21(26)14-7-8-18(33(2,29)30)17(9-14)24(27)28/h3-9,12H,10-11H2,1-2H3,(H,23,25). The molecule has 33 heavy (non-hydrogen) atoms. The van der Waals surface area contributed by atoms with Crippen LogP contribution < -0.4 is 5.32 Å². The topological polar surface area (TPSA) is 146 Å². The summed E-state index contributed by atoms with van der Waals surface area (Å²) >= 11 is 1.23. The highest BCUT2D eigenvalue weighted by Gasteiger charge is 2.24. The number of aromatic nitrogens is 1. The van der Waals surface area contributed by atoms with E-state index >= 15 is 0 Å². The average Bonchev–Trinajstić information content (AvgIpc) is 3.19. The molecule has 0 aliphatic heterocycles. The van der Waals surface area contributed by atoms with E-state index in [-0.39, 0.29) is 24.5 Å². The van der Waals surface area contributed by atoms with Crippen molar-refractivity contribution >= 4 is 44.4 Å². The van der Waals surface area contributed by atoms with Crippen LogP contribution >= 0.6 is 11.3 Å². The molecule has 1 amide bonds. The van der Waals surface area contributed by atoms with E-state index in [1.807, 2.05) is 25.1 Å².